The average molecular weight is 323 g/mol. The van der Waals surface area contributed by atoms with Crippen molar-refractivity contribution in [1.29, 1.82) is 0 Å². The minimum Gasteiger partial charge on any atom is -0.380 e. The SMILES string of the molecule is CCOCCn1c(=NC(=O)CC)sc2cc([N+](=O)[O-])ccc21. The van der Waals surface area contributed by atoms with E-state index in [9.17, 15) is 14.9 Å². The summed E-state index contributed by atoms with van der Waals surface area (Å²) >= 11 is 1.27. The molecule has 7 nitrogen and oxygen atoms in total. The molecule has 0 atom stereocenters. The number of carbonyl (C=O) groups is 1. The topological polar surface area (TPSA) is 86.7 Å². The minimum absolute atomic E-state index is 0.0269. The summed E-state index contributed by atoms with van der Waals surface area (Å²) in [6.07, 6.45) is 0.319. The van der Waals surface area contributed by atoms with Crippen molar-refractivity contribution in [3.8, 4) is 0 Å². The molecule has 0 unspecified atom stereocenters. The van der Waals surface area contributed by atoms with Crippen LogP contribution in [0.2, 0.25) is 0 Å². The Kier molecular flexibility index (Phi) is 5.40. The number of aromatic nitrogens is 1. The van der Waals surface area contributed by atoms with E-state index >= 15 is 0 Å². The van der Waals surface area contributed by atoms with Crippen LogP contribution in [-0.4, -0.2) is 28.6 Å². The van der Waals surface area contributed by atoms with Crippen LogP contribution >= 0.6 is 11.3 Å². The highest BCUT2D eigenvalue weighted by molar-refractivity contribution is 7.16. The van der Waals surface area contributed by atoms with E-state index in [-0.39, 0.29) is 11.6 Å². The second-order valence-electron chi connectivity index (χ2n) is 4.50. The van der Waals surface area contributed by atoms with Crippen molar-refractivity contribution in [2.45, 2.75) is 26.8 Å². The van der Waals surface area contributed by atoms with Gasteiger partial charge in [0.15, 0.2) is 4.80 Å². The standard InChI is InChI=1S/C14H17N3O4S/c1-3-13(18)15-14-16(7-8-21-4-2)11-6-5-10(17(19)20)9-12(11)22-14/h5-6,9H,3-4,7-8H2,1-2H3. The van der Waals surface area contributed by atoms with Gasteiger partial charge >= 0.3 is 0 Å². The molecule has 8 heteroatoms. The van der Waals surface area contributed by atoms with Gasteiger partial charge in [-0.15, -0.1) is 0 Å². The van der Waals surface area contributed by atoms with Crippen LogP contribution in [0.4, 0.5) is 5.69 Å². The zero-order valence-electron chi connectivity index (χ0n) is 12.4. The van der Waals surface area contributed by atoms with Gasteiger partial charge in [-0.1, -0.05) is 18.3 Å². The largest absolute Gasteiger partial charge is 0.380 e. The van der Waals surface area contributed by atoms with E-state index in [1.54, 1.807) is 13.0 Å². The summed E-state index contributed by atoms with van der Waals surface area (Å²) in [4.78, 5) is 26.7. The van der Waals surface area contributed by atoms with Crippen LogP contribution in [0.3, 0.4) is 0 Å². The smallest absolute Gasteiger partial charge is 0.270 e. The number of hydrogen-bond acceptors (Lipinski definition) is 5. The van der Waals surface area contributed by atoms with Crippen LogP contribution in [0.1, 0.15) is 20.3 Å². The lowest BCUT2D eigenvalue weighted by Gasteiger charge is -2.05. The second kappa shape index (κ2) is 7.28. The molecule has 0 aliphatic heterocycles. The van der Waals surface area contributed by atoms with Crippen molar-refractivity contribution in [2.24, 2.45) is 4.99 Å². The predicted octanol–water partition coefficient (Wildman–Crippen LogP) is 2.48. The molecule has 118 valence electrons. The van der Waals surface area contributed by atoms with Gasteiger partial charge in [-0.25, -0.2) is 0 Å². The van der Waals surface area contributed by atoms with Crippen LogP contribution in [-0.2, 0) is 16.1 Å². The Balaban J connectivity index is 2.55. The van der Waals surface area contributed by atoms with Crippen LogP contribution in [0, 0.1) is 10.1 Å². The molecular weight excluding hydrogens is 306 g/mol. The first kappa shape index (κ1) is 16.3. The average Bonchev–Trinajstić information content (AvgIpc) is 2.84. The molecule has 1 amide bonds. The Labute approximate surface area is 131 Å². The van der Waals surface area contributed by atoms with Crippen LogP contribution in [0.15, 0.2) is 23.2 Å². The Morgan fingerprint density at radius 2 is 2.23 bits per heavy atom. The van der Waals surface area contributed by atoms with Gasteiger partial charge in [0.2, 0.25) is 5.91 Å². The Hall–Kier alpha value is -2.06. The zero-order chi connectivity index (χ0) is 16.1. The van der Waals surface area contributed by atoms with Gasteiger partial charge in [0.1, 0.15) is 0 Å². The molecule has 0 N–H and O–H groups in total. The molecule has 0 aliphatic carbocycles. The summed E-state index contributed by atoms with van der Waals surface area (Å²) in [5.41, 5.74) is 0.844. The first-order chi connectivity index (χ1) is 10.6. The lowest BCUT2D eigenvalue weighted by Crippen LogP contribution is -2.19. The Bertz CT molecular complexity index is 763. The third kappa shape index (κ3) is 3.58. The van der Waals surface area contributed by atoms with Gasteiger partial charge < -0.3 is 9.30 Å². The molecule has 1 heterocycles. The summed E-state index contributed by atoms with van der Waals surface area (Å²) in [6.45, 7) is 5.29. The molecule has 0 radical (unpaired) electrons. The lowest BCUT2D eigenvalue weighted by molar-refractivity contribution is -0.384. The third-order valence-corrected chi connectivity index (χ3v) is 4.10. The quantitative estimate of drug-likeness (QED) is 0.464. The van der Waals surface area contributed by atoms with Crippen molar-refractivity contribution in [3.63, 3.8) is 0 Å². The van der Waals surface area contributed by atoms with Gasteiger partial charge in [0.05, 0.1) is 21.7 Å². The van der Waals surface area contributed by atoms with Gasteiger partial charge in [-0.3, -0.25) is 14.9 Å². The highest BCUT2D eigenvalue weighted by Crippen LogP contribution is 2.23. The molecule has 2 rings (SSSR count). The third-order valence-electron chi connectivity index (χ3n) is 3.06. The molecule has 22 heavy (non-hydrogen) atoms. The van der Waals surface area contributed by atoms with Crippen molar-refractivity contribution in [2.75, 3.05) is 13.2 Å². The van der Waals surface area contributed by atoms with E-state index < -0.39 is 4.92 Å². The molecular formula is C14H17N3O4S. The van der Waals surface area contributed by atoms with E-state index in [4.69, 9.17) is 4.74 Å². The lowest BCUT2D eigenvalue weighted by atomic mass is 10.3. The molecule has 0 saturated carbocycles. The van der Waals surface area contributed by atoms with E-state index in [1.807, 2.05) is 11.5 Å². The Morgan fingerprint density at radius 3 is 2.86 bits per heavy atom. The molecule has 0 spiro atoms. The molecule has 0 saturated heterocycles. The van der Waals surface area contributed by atoms with E-state index in [0.29, 0.717) is 31.0 Å². The summed E-state index contributed by atoms with van der Waals surface area (Å²) in [6, 6.07) is 4.65. The fraction of sp³-hybridized carbons (Fsp3) is 0.429. The number of benzene rings is 1. The predicted molar refractivity (Wildman–Crippen MR) is 83.8 cm³/mol. The van der Waals surface area contributed by atoms with Crippen molar-refractivity contribution in [1.82, 2.24) is 4.57 Å². The highest BCUT2D eigenvalue weighted by Gasteiger charge is 2.12. The maximum absolute atomic E-state index is 11.6. The van der Waals surface area contributed by atoms with Gasteiger partial charge in [-0.2, -0.15) is 4.99 Å². The van der Waals surface area contributed by atoms with Gasteiger partial charge in [0, 0.05) is 31.7 Å². The number of nitro groups is 1. The van der Waals surface area contributed by atoms with Crippen molar-refractivity contribution in [3.05, 3.63) is 33.1 Å². The number of ether oxygens (including phenoxy) is 1. The number of fused-ring (bicyclic) bond motifs is 1. The minimum atomic E-state index is -0.433. The number of nitrogens with zero attached hydrogens (tertiary/aromatic N) is 3. The number of non-ortho nitro benzene ring substituents is 1. The number of hydrogen-bond donors (Lipinski definition) is 0. The van der Waals surface area contributed by atoms with Crippen LogP contribution < -0.4 is 4.80 Å². The maximum Gasteiger partial charge on any atom is 0.270 e. The molecule has 1 aromatic carbocycles. The normalized spacial score (nSPS) is 12.0. The van der Waals surface area contributed by atoms with Crippen molar-refractivity contribution < 1.29 is 14.5 Å². The molecule has 0 aliphatic rings. The van der Waals surface area contributed by atoms with Crippen LogP contribution in [0.5, 0.6) is 0 Å². The van der Waals surface area contributed by atoms with Crippen LogP contribution in [0.25, 0.3) is 10.2 Å². The fourth-order valence-corrected chi connectivity index (χ4v) is 3.07. The summed E-state index contributed by atoms with van der Waals surface area (Å²) in [7, 11) is 0. The molecule has 0 fully saturated rings. The molecule has 0 bridgehead atoms. The first-order valence-corrected chi connectivity index (χ1v) is 7.81. The Morgan fingerprint density at radius 1 is 1.45 bits per heavy atom. The number of thiazole rings is 1. The maximum atomic E-state index is 11.6. The van der Waals surface area contributed by atoms with E-state index in [2.05, 4.69) is 4.99 Å². The first-order valence-electron chi connectivity index (χ1n) is 6.99. The van der Waals surface area contributed by atoms with Crippen molar-refractivity contribution >= 4 is 33.1 Å². The van der Waals surface area contributed by atoms with Gasteiger partial charge in [0.25, 0.3) is 5.69 Å². The zero-order valence-corrected chi connectivity index (χ0v) is 13.3. The number of rotatable bonds is 6. The summed E-state index contributed by atoms with van der Waals surface area (Å²) in [5, 5.41) is 10.9. The van der Waals surface area contributed by atoms with E-state index in [1.165, 1.54) is 23.5 Å². The number of nitro benzene ring substituents is 1. The fourth-order valence-electron chi connectivity index (χ4n) is 1.96. The number of carbonyl (C=O) groups excluding carboxylic acids is 1. The molecule has 2 aromatic rings. The monoisotopic (exact) mass is 323 g/mol. The number of amides is 1. The van der Waals surface area contributed by atoms with Gasteiger partial charge in [-0.05, 0) is 13.0 Å². The van der Waals surface area contributed by atoms with E-state index in [0.717, 1.165) is 10.2 Å². The molecule has 1 aromatic heterocycles. The highest BCUT2D eigenvalue weighted by atomic mass is 32.1. The second-order valence-corrected chi connectivity index (χ2v) is 5.51. The summed E-state index contributed by atoms with van der Waals surface area (Å²) < 4.78 is 7.95. The summed E-state index contributed by atoms with van der Waals surface area (Å²) in [5.74, 6) is -0.216.